The molecule has 88 valence electrons. The minimum Gasteiger partial charge on any atom is -0.351 e. The second-order valence-electron chi connectivity index (χ2n) is 3.55. The van der Waals surface area contributed by atoms with Crippen LogP contribution in [0.2, 0.25) is 6.32 Å². The van der Waals surface area contributed by atoms with Crippen molar-refractivity contribution in [3.8, 4) is 0 Å². The molecule has 0 radical (unpaired) electrons. The van der Waals surface area contributed by atoms with Crippen LogP contribution in [0, 0.1) is 0 Å². The monoisotopic (exact) mass is 222 g/mol. The number of carbonyl (C=O) groups excluding carboxylic acids is 2. The maximum Gasteiger partial charge on any atom is 0.243 e. The molecule has 16 heavy (non-hydrogen) atoms. The number of rotatable bonds is 9. The summed E-state index contributed by atoms with van der Waals surface area (Å²) in [5, 5.41) is 5.78. The summed E-state index contributed by atoms with van der Waals surface area (Å²) >= 11 is 0. The maximum absolute atomic E-state index is 11.2. The van der Waals surface area contributed by atoms with Gasteiger partial charge in [-0.05, 0) is 25.1 Å². The summed E-state index contributed by atoms with van der Waals surface area (Å²) < 4.78 is 0. The molecular weight excluding hydrogens is 203 g/mol. The van der Waals surface area contributed by atoms with Crippen molar-refractivity contribution >= 4 is 18.9 Å². The van der Waals surface area contributed by atoms with Crippen LogP contribution in [0.5, 0.6) is 0 Å². The highest BCUT2D eigenvalue weighted by atomic mass is 16.1. The molecule has 0 aliphatic carbocycles. The molecule has 0 fully saturated rings. The van der Waals surface area contributed by atoms with Crippen molar-refractivity contribution in [2.24, 2.45) is 0 Å². The first-order chi connectivity index (χ1) is 7.57. The number of allylic oxidation sites excluding steroid dienone is 1. The lowest BCUT2D eigenvalue weighted by molar-refractivity contribution is -0.116. The molecule has 0 aromatic rings. The fraction of sp³-hybridized carbons (Fsp3) is 0.455. The zero-order chi connectivity index (χ0) is 12.4. The average molecular weight is 222 g/mol. The van der Waals surface area contributed by atoms with Crippen LogP contribution in [0.25, 0.3) is 0 Å². The first kappa shape index (κ1) is 14.6. The second-order valence-corrected chi connectivity index (χ2v) is 3.55. The van der Waals surface area contributed by atoms with E-state index in [0.717, 1.165) is 12.9 Å². The van der Waals surface area contributed by atoms with Crippen molar-refractivity contribution in [3.05, 3.63) is 24.8 Å². The smallest absolute Gasteiger partial charge is 0.243 e. The molecule has 1 amide bonds. The normalized spacial score (nSPS) is 9.31. The number of carbonyl (C=O) groups is 2. The molecule has 0 aliphatic heterocycles. The fourth-order valence-corrected chi connectivity index (χ4v) is 1.06. The van der Waals surface area contributed by atoms with E-state index in [9.17, 15) is 9.59 Å². The number of nitrogens with one attached hydrogen (secondary N) is 2. The zero-order valence-corrected chi connectivity index (χ0v) is 9.84. The molecule has 0 heterocycles. The van der Waals surface area contributed by atoms with Crippen LogP contribution in [-0.4, -0.2) is 38.5 Å². The highest BCUT2D eigenvalue weighted by Crippen LogP contribution is 1.89. The number of hydrogen-bond donors (Lipinski definition) is 2. The molecule has 0 rings (SSSR count). The molecule has 0 unspecified atom stereocenters. The van der Waals surface area contributed by atoms with Crippen molar-refractivity contribution < 1.29 is 9.59 Å². The van der Waals surface area contributed by atoms with Gasteiger partial charge in [0.25, 0.3) is 0 Å². The van der Waals surface area contributed by atoms with Gasteiger partial charge in [-0.2, -0.15) is 0 Å². The Morgan fingerprint density at radius 2 is 2.00 bits per heavy atom. The van der Waals surface area contributed by atoms with Crippen LogP contribution < -0.4 is 10.6 Å². The molecule has 5 heteroatoms. The van der Waals surface area contributed by atoms with Gasteiger partial charge in [-0.3, -0.25) is 4.79 Å². The third-order valence-corrected chi connectivity index (χ3v) is 2.02. The topological polar surface area (TPSA) is 58.2 Å². The van der Waals surface area contributed by atoms with E-state index in [1.54, 1.807) is 6.92 Å². The van der Waals surface area contributed by atoms with E-state index in [1.807, 2.05) is 0 Å². The maximum atomic E-state index is 11.2. The summed E-state index contributed by atoms with van der Waals surface area (Å²) in [5.41, 5.74) is 0.722. The van der Waals surface area contributed by atoms with Gasteiger partial charge in [-0.15, -0.1) is 0 Å². The van der Waals surface area contributed by atoms with Gasteiger partial charge in [0, 0.05) is 13.1 Å². The first-order valence-corrected chi connectivity index (χ1v) is 5.37. The van der Waals surface area contributed by atoms with Crippen molar-refractivity contribution in [2.45, 2.75) is 13.2 Å². The van der Waals surface area contributed by atoms with Crippen molar-refractivity contribution in [3.63, 3.8) is 0 Å². The van der Waals surface area contributed by atoms with E-state index in [2.05, 4.69) is 23.8 Å². The minimum absolute atomic E-state index is 0.113. The van der Waals surface area contributed by atoms with E-state index in [4.69, 9.17) is 0 Å². The third kappa shape index (κ3) is 7.99. The van der Waals surface area contributed by atoms with Crippen LogP contribution in [0.3, 0.4) is 0 Å². The minimum atomic E-state index is -0.167. The Morgan fingerprint density at radius 1 is 1.31 bits per heavy atom. The van der Waals surface area contributed by atoms with Gasteiger partial charge in [0.15, 0.2) is 0 Å². The molecule has 0 bridgehead atoms. The lowest BCUT2D eigenvalue weighted by atomic mass is 9.67. The van der Waals surface area contributed by atoms with E-state index >= 15 is 0 Å². The molecule has 0 aromatic carbocycles. The molecule has 4 nitrogen and oxygen atoms in total. The summed E-state index contributed by atoms with van der Waals surface area (Å²) in [4.78, 5) is 21.9. The Bertz CT molecular complexity index is 277. The lowest BCUT2D eigenvalue weighted by Gasteiger charge is -2.04. The van der Waals surface area contributed by atoms with Gasteiger partial charge >= 0.3 is 0 Å². The Hall–Kier alpha value is -1.36. The Kier molecular flexibility index (Phi) is 8.16. The van der Waals surface area contributed by atoms with Crippen molar-refractivity contribution in [2.75, 3.05) is 19.6 Å². The lowest BCUT2D eigenvalue weighted by Crippen LogP contribution is -2.31. The Labute approximate surface area is 97.4 Å². The standard InChI is InChI=1S/C11H19BN2O2/c1-4-10(15)14-8-7-13-6-5-12-11(16)9(2)3/h4,12-13H,1-2,5-8H2,3H3,(H,14,15). The van der Waals surface area contributed by atoms with Crippen molar-refractivity contribution in [1.29, 1.82) is 0 Å². The molecule has 0 aliphatic rings. The van der Waals surface area contributed by atoms with Gasteiger partial charge in [0.2, 0.25) is 13.2 Å². The summed E-state index contributed by atoms with van der Waals surface area (Å²) in [6.45, 7) is 10.7. The summed E-state index contributed by atoms with van der Waals surface area (Å²) in [6, 6.07) is 0. The third-order valence-electron chi connectivity index (χ3n) is 2.02. The zero-order valence-electron chi connectivity index (χ0n) is 9.84. The van der Waals surface area contributed by atoms with Crippen LogP contribution >= 0.6 is 0 Å². The number of amides is 1. The van der Waals surface area contributed by atoms with E-state index in [0.29, 0.717) is 25.9 Å². The van der Waals surface area contributed by atoms with Gasteiger partial charge in [0.05, 0.1) is 0 Å². The molecule has 2 N–H and O–H groups in total. The molecule has 0 atom stereocenters. The Balaban J connectivity index is 3.28. The predicted molar refractivity (Wildman–Crippen MR) is 67.9 cm³/mol. The SMILES string of the molecule is C=CC(=O)NCCNCCBC(=O)C(=C)C. The van der Waals surface area contributed by atoms with Gasteiger partial charge < -0.3 is 15.4 Å². The Morgan fingerprint density at radius 3 is 2.56 bits per heavy atom. The summed E-state index contributed by atoms with van der Waals surface area (Å²) in [5.74, 6) is -0.167. The predicted octanol–water partition coefficient (Wildman–Crippen LogP) is -0.164. The molecular formula is C11H19BN2O2. The van der Waals surface area contributed by atoms with Crippen LogP contribution in [0.1, 0.15) is 6.92 Å². The highest BCUT2D eigenvalue weighted by Gasteiger charge is 2.03. The van der Waals surface area contributed by atoms with Crippen LogP contribution in [0.4, 0.5) is 0 Å². The van der Waals surface area contributed by atoms with Gasteiger partial charge in [-0.1, -0.05) is 19.5 Å². The van der Waals surface area contributed by atoms with Crippen LogP contribution in [-0.2, 0) is 9.59 Å². The largest absolute Gasteiger partial charge is 0.351 e. The summed E-state index contributed by atoms with van der Waals surface area (Å²) in [7, 11) is 0.529. The highest BCUT2D eigenvalue weighted by molar-refractivity contribution is 6.77. The fourth-order valence-electron chi connectivity index (χ4n) is 1.06. The van der Waals surface area contributed by atoms with E-state index in [1.165, 1.54) is 6.08 Å². The van der Waals surface area contributed by atoms with Gasteiger partial charge in [-0.25, -0.2) is 0 Å². The average Bonchev–Trinajstić information content (AvgIpc) is 2.26. The molecule has 0 saturated heterocycles. The summed E-state index contributed by atoms with van der Waals surface area (Å²) in [6.07, 6.45) is 2.03. The van der Waals surface area contributed by atoms with E-state index in [-0.39, 0.29) is 11.6 Å². The van der Waals surface area contributed by atoms with E-state index < -0.39 is 0 Å². The van der Waals surface area contributed by atoms with Gasteiger partial charge in [0.1, 0.15) is 5.68 Å². The molecule has 0 spiro atoms. The molecule has 0 aromatic heterocycles. The van der Waals surface area contributed by atoms with Crippen molar-refractivity contribution in [1.82, 2.24) is 10.6 Å². The number of hydrogen-bond acceptors (Lipinski definition) is 3. The quantitative estimate of drug-likeness (QED) is 0.323. The first-order valence-electron chi connectivity index (χ1n) is 5.37. The molecule has 0 saturated carbocycles. The van der Waals surface area contributed by atoms with Crippen LogP contribution in [0.15, 0.2) is 24.8 Å². The second kappa shape index (κ2) is 8.91.